The molecule has 1 aromatic heterocycles. The highest BCUT2D eigenvalue weighted by atomic mass is 127. The van der Waals surface area contributed by atoms with Gasteiger partial charge in [0.2, 0.25) is 0 Å². The third-order valence-corrected chi connectivity index (χ3v) is 7.70. The van der Waals surface area contributed by atoms with Gasteiger partial charge in [-0.2, -0.15) is 0 Å². The van der Waals surface area contributed by atoms with Crippen LogP contribution in [-0.4, -0.2) is 22.9 Å². The van der Waals surface area contributed by atoms with Crippen molar-refractivity contribution >= 4 is 44.4 Å². The molecule has 1 fully saturated rings. The highest BCUT2D eigenvalue weighted by Crippen LogP contribution is 2.36. The average Bonchev–Trinajstić information content (AvgIpc) is 3.31. The predicted octanol–water partition coefficient (Wildman–Crippen LogP) is 6.93. The van der Waals surface area contributed by atoms with Crippen LogP contribution >= 0.6 is 22.6 Å². The van der Waals surface area contributed by atoms with E-state index in [4.69, 9.17) is 4.74 Å². The van der Waals surface area contributed by atoms with Crippen molar-refractivity contribution in [1.82, 2.24) is 15.0 Å². The van der Waals surface area contributed by atoms with Crippen LogP contribution in [0.3, 0.4) is 0 Å². The van der Waals surface area contributed by atoms with Gasteiger partial charge in [0.1, 0.15) is 6.23 Å². The second kappa shape index (κ2) is 9.14. The summed E-state index contributed by atoms with van der Waals surface area (Å²) in [7, 11) is 2.05. The van der Waals surface area contributed by atoms with Crippen molar-refractivity contribution in [3.8, 4) is 0 Å². The van der Waals surface area contributed by atoms with E-state index in [1.807, 2.05) is 14.0 Å². The number of halogens is 1. The van der Waals surface area contributed by atoms with Crippen molar-refractivity contribution in [3.05, 3.63) is 83.4 Å². The van der Waals surface area contributed by atoms with E-state index in [1.54, 1.807) is 0 Å². The van der Waals surface area contributed by atoms with Gasteiger partial charge >= 0.3 is 0 Å². The van der Waals surface area contributed by atoms with Crippen molar-refractivity contribution < 1.29 is 4.74 Å². The van der Waals surface area contributed by atoms with Crippen LogP contribution in [0, 0.1) is 0 Å². The van der Waals surface area contributed by atoms with Gasteiger partial charge in [-0.05, 0) is 48.2 Å². The number of benzene rings is 3. The second-order valence-electron chi connectivity index (χ2n) is 8.71. The maximum Gasteiger partial charge on any atom is 0.151 e. The molecule has 1 N–H and O–H groups in total. The SMILES string of the molecule is CCCC(I)c1ccc(C2OC(C)NN2C)cc1Cn1c2ccccc2c2ccccc21. The number of hydrogen-bond acceptors (Lipinski definition) is 3. The number of rotatable bonds is 6. The summed E-state index contributed by atoms with van der Waals surface area (Å²) in [6.45, 7) is 5.16. The number of alkyl halides is 1. The van der Waals surface area contributed by atoms with Crippen LogP contribution in [0.15, 0.2) is 66.7 Å². The number of nitrogens with zero attached hydrogens (tertiary/aromatic N) is 2. The van der Waals surface area contributed by atoms with E-state index < -0.39 is 0 Å². The second-order valence-corrected chi connectivity index (χ2v) is 10.2. The molecule has 3 aromatic carbocycles. The Hall–Kier alpha value is -1.93. The van der Waals surface area contributed by atoms with Crippen molar-refractivity contribution in [3.63, 3.8) is 0 Å². The molecule has 4 aromatic rings. The van der Waals surface area contributed by atoms with E-state index in [-0.39, 0.29) is 12.5 Å². The minimum absolute atomic E-state index is 0.0166. The van der Waals surface area contributed by atoms with Crippen LogP contribution in [0.5, 0.6) is 0 Å². The number of fused-ring (bicyclic) bond motifs is 3. The number of para-hydroxylation sites is 2. The number of aromatic nitrogens is 1. The van der Waals surface area contributed by atoms with Gasteiger partial charge in [-0.3, -0.25) is 0 Å². The standard InChI is InChI=1S/C27H30IN3O/c1-4-9-24(28)21-15-14-19(27-30(3)29-18(2)32-27)16-20(21)17-31-25-12-7-5-10-22(25)23-11-6-8-13-26(23)31/h5-8,10-16,18,24,27,29H,4,9,17H2,1-3H3. The normalized spacial score (nSPS) is 20.4. The quantitative estimate of drug-likeness (QED) is 0.213. The molecular weight excluding hydrogens is 509 g/mol. The maximum atomic E-state index is 6.14. The molecule has 0 bridgehead atoms. The summed E-state index contributed by atoms with van der Waals surface area (Å²) in [6, 6.07) is 24.4. The van der Waals surface area contributed by atoms with Gasteiger partial charge in [-0.25, -0.2) is 10.4 Å². The van der Waals surface area contributed by atoms with Crippen LogP contribution in [0.1, 0.15) is 53.5 Å². The van der Waals surface area contributed by atoms with Gasteiger partial charge in [0.15, 0.2) is 6.23 Å². The Morgan fingerprint density at radius 1 is 1.00 bits per heavy atom. The lowest BCUT2D eigenvalue weighted by molar-refractivity contribution is 0.0131. The molecule has 5 heteroatoms. The number of hydrazine groups is 1. The maximum absolute atomic E-state index is 6.14. The summed E-state index contributed by atoms with van der Waals surface area (Å²) in [4.78, 5) is 0. The molecule has 0 aliphatic carbocycles. The van der Waals surface area contributed by atoms with Crippen molar-refractivity contribution in [2.45, 2.75) is 49.6 Å². The third kappa shape index (κ3) is 3.96. The topological polar surface area (TPSA) is 29.4 Å². The molecule has 5 rings (SSSR count). The van der Waals surface area contributed by atoms with E-state index in [9.17, 15) is 0 Å². The summed E-state index contributed by atoms with van der Waals surface area (Å²) in [6.07, 6.45) is 2.30. The lowest BCUT2D eigenvalue weighted by Gasteiger charge is -2.22. The van der Waals surface area contributed by atoms with Crippen LogP contribution in [-0.2, 0) is 11.3 Å². The molecule has 1 aliphatic rings. The molecule has 0 spiro atoms. The highest BCUT2D eigenvalue weighted by molar-refractivity contribution is 14.1. The predicted molar refractivity (Wildman–Crippen MR) is 141 cm³/mol. The number of nitrogens with one attached hydrogen (secondary N) is 1. The zero-order valence-electron chi connectivity index (χ0n) is 18.9. The van der Waals surface area contributed by atoms with Gasteiger partial charge in [-0.1, -0.05) is 84.5 Å². The fourth-order valence-electron chi connectivity index (χ4n) is 4.95. The highest BCUT2D eigenvalue weighted by Gasteiger charge is 2.29. The van der Waals surface area contributed by atoms with Gasteiger partial charge in [-0.15, -0.1) is 0 Å². The zero-order chi connectivity index (χ0) is 22.2. The van der Waals surface area contributed by atoms with Gasteiger partial charge in [0.05, 0.1) is 0 Å². The van der Waals surface area contributed by atoms with E-state index in [0.717, 1.165) is 6.54 Å². The average molecular weight is 539 g/mol. The summed E-state index contributed by atoms with van der Waals surface area (Å²) in [5, 5.41) is 4.70. The Bertz CT molecular complexity index is 1200. The van der Waals surface area contributed by atoms with Crippen LogP contribution in [0.25, 0.3) is 21.8 Å². The molecule has 1 aliphatic heterocycles. The minimum atomic E-state index is -0.0743. The smallest absolute Gasteiger partial charge is 0.151 e. The molecule has 3 atom stereocenters. The fourth-order valence-corrected chi connectivity index (χ4v) is 6.18. The Labute approximate surface area is 203 Å². The Balaban J connectivity index is 1.64. The van der Waals surface area contributed by atoms with E-state index >= 15 is 0 Å². The fraction of sp³-hybridized carbons (Fsp3) is 0.333. The first kappa shape index (κ1) is 21.9. The minimum Gasteiger partial charge on any atom is -0.339 e. The molecule has 0 amide bonds. The van der Waals surface area contributed by atoms with E-state index in [0.29, 0.717) is 3.92 Å². The molecule has 32 heavy (non-hydrogen) atoms. The van der Waals surface area contributed by atoms with Crippen LogP contribution in [0.2, 0.25) is 0 Å². The largest absolute Gasteiger partial charge is 0.339 e. The number of ether oxygens (including phenoxy) is 1. The first-order valence-electron chi connectivity index (χ1n) is 11.4. The Kier molecular flexibility index (Phi) is 6.25. The molecule has 3 unspecified atom stereocenters. The van der Waals surface area contributed by atoms with Gasteiger partial charge < -0.3 is 9.30 Å². The molecule has 4 nitrogen and oxygen atoms in total. The molecule has 2 heterocycles. The first-order chi connectivity index (χ1) is 15.6. The van der Waals surface area contributed by atoms with Crippen molar-refractivity contribution in [1.29, 1.82) is 0 Å². The lowest BCUT2D eigenvalue weighted by Crippen LogP contribution is -2.31. The van der Waals surface area contributed by atoms with Crippen molar-refractivity contribution in [2.24, 2.45) is 0 Å². The summed E-state index contributed by atoms with van der Waals surface area (Å²) < 4.78 is 9.11. The Morgan fingerprint density at radius 2 is 1.66 bits per heavy atom. The Morgan fingerprint density at radius 3 is 2.25 bits per heavy atom. The summed E-state index contributed by atoms with van der Waals surface area (Å²) >= 11 is 2.61. The van der Waals surface area contributed by atoms with Gasteiger partial charge in [0, 0.05) is 39.3 Å². The zero-order valence-corrected chi connectivity index (χ0v) is 21.0. The summed E-state index contributed by atoms with van der Waals surface area (Å²) in [5.41, 5.74) is 9.92. The monoisotopic (exact) mass is 539 g/mol. The molecule has 0 radical (unpaired) electrons. The van der Waals surface area contributed by atoms with Gasteiger partial charge in [0.25, 0.3) is 0 Å². The third-order valence-electron chi connectivity index (χ3n) is 6.41. The molecule has 166 valence electrons. The molecular formula is C27H30IN3O. The van der Waals surface area contributed by atoms with E-state index in [1.165, 1.54) is 51.3 Å². The van der Waals surface area contributed by atoms with Crippen LogP contribution in [0.4, 0.5) is 0 Å². The molecule has 0 saturated carbocycles. The molecule has 1 saturated heterocycles. The first-order valence-corrected chi connectivity index (χ1v) is 12.7. The number of hydrogen-bond donors (Lipinski definition) is 1. The van der Waals surface area contributed by atoms with E-state index in [2.05, 4.69) is 111 Å². The summed E-state index contributed by atoms with van der Waals surface area (Å²) in [5.74, 6) is 0. The van der Waals surface area contributed by atoms with Crippen molar-refractivity contribution in [2.75, 3.05) is 7.05 Å². The lowest BCUT2D eigenvalue weighted by atomic mass is 9.98. The van der Waals surface area contributed by atoms with Crippen LogP contribution < -0.4 is 5.43 Å².